The number of rotatable bonds is 7. The molecule has 1 aromatic rings. The van der Waals surface area contributed by atoms with Crippen LogP contribution >= 0.6 is 0 Å². The first-order valence-electron chi connectivity index (χ1n) is 7.12. The number of nitrogens with one attached hydrogen (secondary N) is 2. The van der Waals surface area contributed by atoms with Gasteiger partial charge in [-0.25, -0.2) is 9.97 Å². The molecule has 0 radical (unpaired) electrons. The molecule has 0 bridgehead atoms. The summed E-state index contributed by atoms with van der Waals surface area (Å²) in [7, 11) is 4.16. The van der Waals surface area contributed by atoms with E-state index in [4.69, 9.17) is 4.98 Å². The molecule has 0 spiro atoms. The topological polar surface area (TPSA) is 53.1 Å². The van der Waals surface area contributed by atoms with Crippen molar-refractivity contribution in [3.05, 3.63) is 11.4 Å². The van der Waals surface area contributed by atoms with E-state index in [1.807, 2.05) is 0 Å². The van der Waals surface area contributed by atoms with Crippen molar-refractivity contribution in [2.75, 3.05) is 44.4 Å². The summed E-state index contributed by atoms with van der Waals surface area (Å²) in [6.07, 6.45) is 2.46. The molecule has 1 aliphatic rings. The fourth-order valence-corrected chi connectivity index (χ4v) is 1.97. The second-order valence-electron chi connectivity index (χ2n) is 5.44. The van der Waals surface area contributed by atoms with Gasteiger partial charge in [-0.05, 0) is 40.8 Å². The third-order valence-corrected chi connectivity index (χ3v) is 3.30. The average Bonchev–Trinajstić information content (AvgIpc) is 3.17. The zero-order valence-corrected chi connectivity index (χ0v) is 12.5. The summed E-state index contributed by atoms with van der Waals surface area (Å²) < 4.78 is 0. The highest BCUT2D eigenvalue weighted by Gasteiger charge is 2.28. The van der Waals surface area contributed by atoms with Gasteiger partial charge in [0.15, 0.2) is 0 Å². The zero-order chi connectivity index (χ0) is 13.8. The Hall–Kier alpha value is -1.36. The highest BCUT2D eigenvalue weighted by molar-refractivity contribution is 5.57. The van der Waals surface area contributed by atoms with Gasteiger partial charge >= 0.3 is 0 Å². The second-order valence-corrected chi connectivity index (χ2v) is 5.44. The minimum absolute atomic E-state index is 0.576. The zero-order valence-electron chi connectivity index (χ0n) is 12.5. The Labute approximate surface area is 115 Å². The van der Waals surface area contributed by atoms with Crippen LogP contribution in [0, 0.1) is 6.92 Å². The van der Waals surface area contributed by atoms with Crippen LogP contribution in [0.3, 0.4) is 0 Å². The summed E-state index contributed by atoms with van der Waals surface area (Å²) in [6, 6.07) is 0. The lowest BCUT2D eigenvalue weighted by Gasteiger charge is -2.16. The van der Waals surface area contributed by atoms with Crippen molar-refractivity contribution in [1.82, 2.24) is 14.9 Å². The van der Waals surface area contributed by atoms with Crippen molar-refractivity contribution >= 4 is 11.6 Å². The fourth-order valence-electron chi connectivity index (χ4n) is 1.97. The lowest BCUT2D eigenvalue weighted by molar-refractivity contribution is 0.425. The summed E-state index contributed by atoms with van der Waals surface area (Å²) in [5, 5.41) is 6.77. The lowest BCUT2D eigenvalue weighted by Crippen LogP contribution is -2.22. The first-order valence-corrected chi connectivity index (χ1v) is 7.12. The average molecular weight is 263 g/mol. The summed E-state index contributed by atoms with van der Waals surface area (Å²) >= 11 is 0. The molecule has 0 amide bonds. The molecule has 5 heteroatoms. The Bertz CT molecular complexity index is 426. The molecular formula is C14H25N5. The number of hydrogen-bond acceptors (Lipinski definition) is 5. The molecule has 2 rings (SSSR count). The van der Waals surface area contributed by atoms with Gasteiger partial charge in [0.2, 0.25) is 0 Å². The van der Waals surface area contributed by atoms with Crippen LogP contribution in [-0.4, -0.2) is 48.6 Å². The molecule has 0 atom stereocenters. The minimum atomic E-state index is 0.576. The van der Waals surface area contributed by atoms with Crippen molar-refractivity contribution in [3.8, 4) is 0 Å². The standard InChI is InChI=1S/C14H25N5/c1-5-15-12-10(2)13(16-8-9-19(3)4)18-14(17-12)11-6-7-11/h11H,5-9H2,1-4H3,(H2,15,16,17,18). The van der Waals surface area contributed by atoms with Crippen LogP contribution in [-0.2, 0) is 0 Å². The van der Waals surface area contributed by atoms with Crippen LogP contribution < -0.4 is 10.6 Å². The van der Waals surface area contributed by atoms with E-state index in [1.165, 1.54) is 12.8 Å². The van der Waals surface area contributed by atoms with Gasteiger partial charge in [0, 0.05) is 31.1 Å². The maximum atomic E-state index is 4.69. The van der Waals surface area contributed by atoms with E-state index in [1.54, 1.807) is 0 Å². The van der Waals surface area contributed by atoms with Crippen LogP contribution in [0.5, 0.6) is 0 Å². The number of nitrogens with zero attached hydrogens (tertiary/aromatic N) is 3. The van der Waals surface area contributed by atoms with E-state index in [9.17, 15) is 0 Å². The van der Waals surface area contributed by atoms with Gasteiger partial charge in [-0.1, -0.05) is 0 Å². The summed E-state index contributed by atoms with van der Waals surface area (Å²) in [4.78, 5) is 11.5. The molecular weight excluding hydrogens is 238 g/mol. The van der Waals surface area contributed by atoms with E-state index in [0.717, 1.165) is 42.7 Å². The monoisotopic (exact) mass is 263 g/mol. The molecule has 0 unspecified atom stereocenters. The molecule has 1 aliphatic carbocycles. The van der Waals surface area contributed by atoms with Gasteiger partial charge in [0.1, 0.15) is 17.5 Å². The van der Waals surface area contributed by atoms with Crippen LogP contribution in [0.4, 0.5) is 11.6 Å². The van der Waals surface area contributed by atoms with Gasteiger partial charge in [0.05, 0.1) is 0 Å². The molecule has 1 saturated carbocycles. The first-order chi connectivity index (χ1) is 9.11. The van der Waals surface area contributed by atoms with Crippen molar-refractivity contribution in [2.45, 2.75) is 32.6 Å². The molecule has 2 N–H and O–H groups in total. The molecule has 1 aromatic heterocycles. The van der Waals surface area contributed by atoms with Crippen LogP contribution in [0.25, 0.3) is 0 Å². The Kier molecular flexibility index (Phi) is 4.58. The van der Waals surface area contributed by atoms with E-state index in [0.29, 0.717) is 5.92 Å². The quantitative estimate of drug-likeness (QED) is 0.788. The molecule has 0 saturated heterocycles. The third-order valence-electron chi connectivity index (χ3n) is 3.30. The molecule has 5 nitrogen and oxygen atoms in total. The predicted octanol–water partition coefficient (Wildman–Crippen LogP) is 2.07. The number of aromatic nitrogens is 2. The fraction of sp³-hybridized carbons (Fsp3) is 0.714. The Morgan fingerprint density at radius 2 is 1.79 bits per heavy atom. The van der Waals surface area contributed by atoms with Crippen LogP contribution in [0.1, 0.15) is 37.1 Å². The Balaban J connectivity index is 2.14. The Morgan fingerprint density at radius 1 is 1.16 bits per heavy atom. The lowest BCUT2D eigenvalue weighted by atomic mass is 10.2. The van der Waals surface area contributed by atoms with E-state index < -0.39 is 0 Å². The number of anilines is 2. The normalized spacial score (nSPS) is 14.8. The van der Waals surface area contributed by atoms with Crippen molar-refractivity contribution in [3.63, 3.8) is 0 Å². The van der Waals surface area contributed by atoms with Crippen molar-refractivity contribution < 1.29 is 0 Å². The summed E-state index contributed by atoms with van der Waals surface area (Å²) in [5.74, 6) is 3.53. The summed E-state index contributed by atoms with van der Waals surface area (Å²) in [6.45, 7) is 6.96. The van der Waals surface area contributed by atoms with Gasteiger partial charge in [-0.15, -0.1) is 0 Å². The molecule has 106 valence electrons. The van der Waals surface area contributed by atoms with E-state index in [-0.39, 0.29) is 0 Å². The van der Waals surface area contributed by atoms with Crippen LogP contribution in [0.15, 0.2) is 0 Å². The highest BCUT2D eigenvalue weighted by Crippen LogP contribution is 2.39. The maximum Gasteiger partial charge on any atom is 0.136 e. The van der Waals surface area contributed by atoms with Crippen molar-refractivity contribution in [2.24, 2.45) is 0 Å². The van der Waals surface area contributed by atoms with E-state index >= 15 is 0 Å². The van der Waals surface area contributed by atoms with Gasteiger partial charge in [-0.2, -0.15) is 0 Å². The molecule has 1 heterocycles. The van der Waals surface area contributed by atoms with Gasteiger partial charge < -0.3 is 15.5 Å². The molecule has 0 aliphatic heterocycles. The smallest absolute Gasteiger partial charge is 0.136 e. The maximum absolute atomic E-state index is 4.69. The number of likely N-dealkylation sites (N-methyl/N-ethyl adjacent to an activating group) is 1. The predicted molar refractivity (Wildman–Crippen MR) is 80.0 cm³/mol. The first kappa shape index (κ1) is 14.1. The molecule has 0 aromatic carbocycles. The number of hydrogen-bond donors (Lipinski definition) is 2. The Morgan fingerprint density at radius 3 is 2.32 bits per heavy atom. The minimum Gasteiger partial charge on any atom is -0.370 e. The van der Waals surface area contributed by atoms with E-state index in [2.05, 4.69) is 48.5 Å². The third kappa shape index (κ3) is 3.80. The van der Waals surface area contributed by atoms with Crippen molar-refractivity contribution in [1.29, 1.82) is 0 Å². The van der Waals surface area contributed by atoms with Gasteiger partial charge in [-0.3, -0.25) is 0 Å². The molecule has 1 fully saturated rings. The summed E-state index contributed by atoms with van der Waals surface area (Å²) in [5.41, 5.74) is 1.12. The highest BCUT2D eigenvalue weighted by atomic mass is 15.1. The van der Waals surface area contributed by atoms with Crippen LogP contribution in [0.2, 0.25) is 0 Å². The SMILES string of the molecule is CCNc1nc(C2CC2)nc(NCCN(C)C)c1C. The largest absolute Gasteiger partial charge is 0.370 e. The second kappa shape index (κ2) is 6.19. The molecule has 19 heavy (non-hydrogen) atoms. The van der Waals surface area contributed by atoms with Gasteiger partial charge in [0.25, 0.3) is 0 Å².